The highest BCUT2D eigenvalue weighted by Crippen LogP contribution is 2.29. The minimum Gasteiger partial charge on any atom is -0.482 e. The van der Waals surface area contributed by atoms with Crippen LogP contribution in [0.4, 0.5) is 0 Å². The third-order valence-corrected chi connectivity index (χ3v) is 5.87. The first-order valence-electron chi connectivity index (χ1n) is 9.36. The lowest BCUT2D eigenvalue weighted by molar-refractivity contribution is -0.142. The van der Waals surface area contributed by atoms with Crippen LogP contribution in [-0.2, 0) is 16.1 Å². The molecule has 0 saturated carbocycles. The predicted octanol–water partition coefficient (Wildman–Crippen LogP) is 5.73. The van der Waals surface area contributed by atoms with E-state index in [-0.39, 0.29) is 25.0 Å². The largest absolute Gasteiger partial charge is 0.482 e. The van der Waals surface area contributed by atoms with E-state index >= 15 is 0 Å². The average Bonchev–Trinajstić information content (AvgIpc) is 2.69. The van der Waals surface area contributed by atoms with Gasteiger partial charge in [0, 0.05) is 33.2 Å². The van der Waals surface area contributed by atoms with Crippen LogP contribution in [0, 0.1) is 0 Å². The second-order valence-electron chi connectivity index (χ2n) is 6.40. The van der Waals surface area contributed by atoms with E-state index in [9.17, 15) is 9.59 Å². The number of nitrogens with one attached hydrogen (secondary N) is 1. The lowest BCUT2D eigenvalue weighted by Crippen LogP contribution is -2.50. The van der Waals surface area contributed by atoms with Crippen molar-refractivity contribution in [2.45, 2.75) is 32.9 Å². The highest BCUT2D eigenvalue weighted by Gasteiger charge is 2.29. The van der Waals surface area contributed by atoms with Crippen LogP contribution in [0.5, 0.6) is 5.75 Å². The zero-order valence-corrected chi connectivity index (χ0v) is 20.4. The molecule has 30 heavy (non-hydrogen) atoms. The molecule has 0 heterocycles. The Kier molecular flexibility index (Phi) is 9.75. The lowest BCUT2D eigenvalue weighted by atomic mass is 10.1. The van der Waals surface area contributed by atoms with Gasteiger partial charge in [-0.25, -0.2) is 0 Å². The van der Waals surface area contributed by atoms with E-state index in [4.69, 9.17) is 39.5 Å². The molecule has 5 nitrogen and oxygen atoms in total. The number of ether oxygens (including phenoxy) is 1. The Morgan fingerprint density at radius 1 is 1.10 bits per heavy atom. The zero-order valence-electron chi connectivity index (χ0n) is 16.6. The topological polar surface area (TPSA) is 58.6 Å². The number of amides is 2. The molecule has 0 unspecified atom stereocenters. The van der Waals surface area contributed by atoms with Crippen LogP contribution in [0.25, 0.3) is 0 Å². The molecule has 2 aromatic rings. The zero-order chi connectivity index (χ0) is 22.3. The molecule has 9 heteroatoms. The van der Waals surface area contributed by atoms with Crippen molar-refractivity contribution < 1.29 is 14.3 Å². The maximum absolute atomic E-state index is 13.1. The number of nitrogens with zero attached hydrogens (tertiary/aromatic N) is 1. The van der Waals surface area contributed by atoms with Crippen molar-refractivity contribution in [3.05, 3.63) is 61.5 Å². The van der Waals surface area contributed by atoms with E-state index in [1.54, 1.807) is 36.4 Å². The molecule has 1 N–H and O–H groups in total. The van der Waals surface area contributed by atoms with Crippen LogP contribution in [0.15, 0.2) is 40.9 Å². The Labute approximate surface area is 199 Å². The predicted molar refractivity (Wildman–Crippen MR) is 124 cm³/mol. The summed E-state index contributed by atoms with van der Waals surface area (Å²) >= 11 is 22.1. The van der Waals surface area contributed by atoms with Gasteiger partial charge in [-0.1, -0.05) is 63.7 Å². The summed E-state index contributed by atoms with van der Waals surface area (Å²) in [7, 11) is 0. The van der Waals surface area contributed by atoms with E-state index in [1.165, 1.54) is 4.90 Å². The van der Waals surface area contributed by atoms with Gasteiger partial charge in [-0.15, -0.1) is 0 Å². The fraction of sp³-hybridized carbons (Fsp3) is 0.333. The second kappa shape index (κ2) is 11.8. The Morgan fingerprint density at radius 3 is 2.33 bits per heavy atom. The van der Waals surface area contributed by atoms with Gasteiger partial charge in [-0.05, 0) is 43.7 Å². The molecule has 2 amide bonds. The Morgan fingerprint density at radius 2 is 1.77 bits per heavy atom. The summed E-state index contributed by atoms with van der Waals surface area (Å²) in [5.41, 5.74) is 0.568. The minimum atomic E-state index is -0.700. The number of benzene rings is 2. The van der Waals surface area contributed by atoms with Gasteiger partial charge in [0.05, 0.1) is 5.02 Å². The van der Waals surface area contributed by atoms with Gasteiger partial charge in [0.2, 0.25) is 5.91 Å². The fourth-order valence-corrected chi connectivity index (χ4v) is 4.12. The molecule has 0 fully saturated rings. The maximum atomic E-state index is 13.1. The summed E-state index contributed by atoms with van der Waals surface area (Å²) in [6, 6.07) is 9.50. The van der Waals surface area contributed by atoms with E-state index < -0.39 is 6.04 Å². The van der Waals surface area contributed by atoms with Crippen molar-refractivity contribution in [1.29, 1.82) is 0 Å². The summed E-state index contributed by atoms with van der Waals surface area (Å²) in [5, 5.41) is 3.98. The third kappa shape index (κ3) is 6.51. The van der Waals surface area contributed by atoms with Crippen LogP contribution < -0.4 is 10.1 Å². The molecule has 0 saturated heterocycles. The molecule has 0 spiro atoms. The van der Waals surface area contributed by atoms with E-state index in [2.05, 4.69) is 21.2 Å². The van der Waals surface area contributed by atoms with Crippen LogP contribution in [0.2, 0.25) is 15.1 Å². The van der Waals surface area contributed by atoms with Crippen LogP contribution in [-0.4, -0.2) is 35.9 Å². The molecule has 162 valence electrons. The van der Waals surface area contributed by atoms with E-state index in [0.29, 0.717) is 39.3 Å². The number of halogens is 4. The van der Waals surface area contributed by atoms with Crippen LogP contribution in [0.1, 0.15) is 25.8 Å². The maximum Gasteiger partial charge on any atom is 0.261 e. The molecule has 0 aliphatic rings. The Balaban J connectivity index is 2.28. The van der Waals surface area contributed by atoms with Gasteiger partial charge < -0.3 is 15.0 Å². The quantitative estimate of drug-likeness (QED) is 0.445. The first kappa shape index (κ1) is 24.8. The molecular formula is C21H22BrCl3N2O3. The normalized spacial score (nSPS) is 11.7. The van der Waals surface area contributed by atoms with Gasteiger partial charge >= 0.3 is 0 Å². The highest BCUT2D eigenvalue weighted by molar-refractivity contribution is 9.10. The molecule has 0 aromatic heterocycles. The van der Waals surface area contributed by atoms with Gasteiger partial charge in [0.1, 0.15) is 11.8 Å². The van der Waals surface area contributed by atoms with Crippen molar-refractivity contribution in [3.63, 3.8) is 0 Å². The molecule has 1 atom stereocenters. The molecule has 0 radical (unpaired) electrons. The Bertz CT molecular complexity index is 891. The average molecular weight is 537 g/mol. The Hall–Kier alpha value is -1.47. The molecule has 0 aliphatic carbocycles. The summed E-state index contributed by atoms with van der Waals surface area (Å²) < 4.78 is 6.42. The van der Waals surface area contributed by atoms with Crippen molar-refractivity contribution in [2.75, 3.05) is 13.2 Å². The summed E-state index contributed by atoms with van der Waals surface area (Å²) in [4.78, 5) is 27.2. The smallest absolute Gasteiger partial charge is 0.261 e. The number of hydrogen-bond donors (Lipinski definition) is 1. The van der Waals surface area contributed by atoms with Crippen LogP contribution >= 0.6 is 50.7 Å². The van der Waals surface area contributed by atoms with Crippen molar-refractivity contribution in [3.8, 4) is 5.75 Å². The minimum absolute atomic E-state index is 0.0738. The molecule has 2 rings (SSSR count). The first-order chi connectivity index (χ1) is 14.3. The summed E-state index contributed by atoms with van der Waals surface area (Å²) in [6.45, 7) is 3.89. The SMILES string of the molecule is CCNC(=O)[C@@H](CC)N(Cc1c(Cl)cccc1Cl)C(=O)COc1ccc(Br)cc1Cl. The van der Waals surface area contributed by atoms with Gasteiger partial charge in [0.25, 0.3) is 5.91 Å². The first-order valence-corrected chi connectivity index (χ1v) is 11.3. The van der Waals surface area contributed by atoms with Crippen molar-refractivity contribution in [2.24, 2.45) is 0 Å². The van der Waals surface area contributed by atoms with E-state index in [1.807, 2.05) is 13.8 Å². The molecule has 0 aliphatic heterocycles. The summed E-state index contributed by atoms with van der Waals surface area (Å²) in [5.74, 6) is -0.267. The number of carbonyl (C=O) groups excluding carboxylic acids is 2. The summed E-state index contributed by atoms with van der Waals surface area (Å²) in [6.07, 6.45) is 0.415. The number of likely N-dealkylation sites (N-methyl/N-ethyl adjacent to an activating group) is 1. The van der Waals surface area contributed by atoms with Crippen LogP contribution in [0.3, 0.4) is 0 Å². The van der Waals surface area contributed by atoms with E-state index in [0.717, 1.165) is 4.47 Å². The number of carbonyl (C=O) groups is 2. The molecular weight excluding hydrogens is 515 g/mol. The number of hydrogen-bond acceptors (Lipinski definition) is 3. The fourth-order valence-electron chi connectivity index (χ4n) is 2.88. The van der Waals surface area contributed by atoms with Gasteiger partial charge in [0.15, 0.2) is 6.61 Å². The van der Waals surface area contributed by atoms with Gasteiger partial charge in [-0.2, -0.15) is 0 Å². The van der Waals surface area contributed by atoms with Crippen molar-refractivity contribution in [1.82, 2.24) is 10.2 Å². The number of rotatable bonds is 9. The lowest BCUT2D eigenvalue weighted by Gasteiger charge is -2.31. The highest BCUT2D eigenvalue weighted by atomic mass is 79.9. The monoisotopic (exact) mass is 534 g/mol. The standard InChI is InChI=1S/C21H22BrCl3N2O3/c1-3-18(21(29)26-4-2)27(11-14-15(23)6-5-7-16(14)24)20(28)12-30-19-9-8-13(22)10-17(19)25/h5-10,18H,3-4,11-12H2,1-2H3,(H,26,29)/t18-/m1/s1. The molecule has 2 aromatic carbocycles. The molecule has 0 bridgehead atoms. The van der Waals surface area contributed by atoms with Gasteiger partial charge in [-0.3, -0.25) is 9.59 Å². The van der Waals surface area contributed by atoms with Crippen molar-refractivity contribution >= 4 is 62.5 Å². The third-order valence-electron chi connectivity index (χ3n) is 4.37. The second-order valence-corrected chi connectivity index (χ2v) is 8.54.